The normalized spacial score (nSPS) is 11.0. The maximum atomic E-state index is 5.46. The molecule has 0 aromatic carbocycles. The predicted octanol–water partition coefficient (Wildman–Crippen LogP) is 0.604. The number of nitrogen functional groups attached to an aromatic ring is 1. The number of anilines is 2. The fraction of sp³-hybridized carbons (Fsp3) is 0.273. The van der Waals surface area contributed by atoms with Gasteiger partial charge in [-0.05, 0) is 6.42 Å². The molecule has 19 heavy (non-hydrogen) atoms. The Morgan fingerprint density at radius 3 is 3.05 bits per heavy atom. The van der Waals surface area contributed by atoms with Gasteiger partial charge in [-0.3, -0.25) is 5.10 Å². The molecule has 0 bridgehead atoms. The van der Waals surface area contributed by atoms with Gasteiger partial charge < -0.3 is 11.1 Å². The highest BCUT2D eigenvalue weighted by Gasteiger charge is 2.06. The van der Waals surface area contributed by atoms with Gasteiger partial charge in [0.1, 0.15) is 11.6 Å². The number of hydrogen-bond acceptors (Lipinski definition) is 6. The van der Waals surface area contributed by atoms with Gasteiger partial charge >= 0.3 is 0 Å². The van der Waals surface area contributed by atoms with Crippen molar-refractivity contribution in [3.05, 3.63) is 29.8 Å². The Labute approximate surface area is 109 Å². The summed E-state index contributed by atoms with van der Waals surface area (Å²) in [4.78, 5) is 8.52. The summed E-state index contributed by atoms with van der Waals surface area (Å²) >= 11 is 0. The minimum absolute atomic E-state index is 0.241. The molecule has 98 valence electrons. The highest BCUT2D eigenvalue weighted by molar-refractivity contribution is 5.49. The number of aromatic nitrogens is 6. The van der Waals surface area contributed by atoms with E-state index in [1.807, 2.05) is 12.1 Å². The maximum absolute atomic E-state index is 5.46. The van der Waals surface area contributed by atoms with Crippen LogP contribution in [0.4, 0.5) is 11.8 Å². The third kappa shape index (κ3) is 2.19. The summed E-state index contributed by atoms with van der Waals surface area (Å²) in [6, 6.07) is 3.84. The Bertz CT molecular complexity index is 698. The summed E-state index contributed by atoms with van der Waals surface area (Å²) in [5.74, 6) is 1.78. The summed E-state index contributed by atoms with van der Waals surface area (Å²) < 4.78 is 1.75. The zero-order chi connectivity index (χ0) is 13.2. The van der Waals surface area contributed by atoms with Crippen LogP contribution >= 0.6 is 0 Å². The first kappa shape index (κ1) is 11.5. The molecule has 0 unspecified atom stereocenters. The van der Waals surface area contributed by atoms with Crippen molar-refractivity contribution in [3.8, 4) is 0 Å². The molecule has 0 saturated heterocycles. The van der Waals surface area contributed by atoms with E-state index in [1.54, 1.807) is 10.7 Å². The third-order valence-electron chi connectivity index (χ3n) is 2.76. The highest BCUT2D eigenvalue weighted by Crippen LogP contribution is 2.13. The van der Waals surface area contributed by atoms with Gasteiger partial charge in [-0.1, -0.05) is 6.92 Å². The Morgan fingerprint density at radius 2 is 2.32 bits per heavy atom. The quantitative estimate of drug-likeness (QED) is 0.632. The fourth-order valence-corrected chi connectivity index (χ4v) is 1.84. The number of hydrogen-bond donors (Lipinski definition) is 3. The standard InChI is InChI=1S/C11H14N8/c1-2-7-5-10(19-9(15-7)3-4-14-19)13-6-8-16-11(12)18-17-8/h3-5,13H,2,6H2,1H3,(H3,12,16,17,18). The van der Waals surface area contributed by atoms with E-state index in [0.29, 0.717) is 12.4 Å². The van der Waals surface area contributed by atoms with Crippen molar-refractivity contribution < 1.29 is 0 Å². The topological polar surface area (TPSA) is 110 Å². The molecule has 8 nitrogen and oxygen atoms in total. The van der Waals surface area contributed by atoms with Crippen molar-refractivity contribution in [1.29, 1.82) is 0 Å². The number of fused-ring (bicyclic) bond motifs is 1. The van der Waals surface area contributed by atoms with Crippen LogP contribution in [0, 0.1) is 0 Å². The molecule has 0 aliphatic rings. The van der Waals surface area contributed by atoms with E-state index in [4.69, 9.17) is 5.73 Å². The van der Waals surface area contributed by atoms with Crippen LogP contribution in [-0.4, -0.2) is 29.8 Å². The van der Waals surface area contributed by atoms with Gasteiger partial charge in [-0.2, -0.15) is 14.6 Å². The van der Waals surface area contributed by atoms with Crippen molar-refractivity contribution in [3.63, 3.8) is 0 Å². The Kier molecular flexibility index (Phi) is 2.75. The Balaban J connectivity index is 1.88. The van der Waals surface area contributed by atoms with Gasteiger partial charge in [-0.15, -0.1) is 5.10 Å². The van der Waals surface area contributed by atoms with Crippen LogP contribution in [0.3, 0.4) is 0 Å². The lowest BCUT2D eigenvalue weighted by atomic mass is 10.3. The smallest absolute Gasteiger partial charge is 0.239 e. The van der Waals surface area contributed by atoms with Gasteiger partial charge in [0.25, 0.3) is 0 Å². The molecule has 0 spiro atoms. The van der Waals surface area contributed by atoms with Crippen LogP contribution in [0.25, 0.3) is 5.65 Å². The molecule has 0 aliphatic carbocycles. The molecule has 3 heterocycles. The summed E-state index contributed by atoms with van der Waals surface area (Å²) in [6.07, 6.45) is 2.59. The first-order chi connectivity index (χ1) is 9.26. The van der Waals surface area contributed by atoms with Crippen LogP contribution in [-0.2, 0) is 13.0 Å². The second-order valence-electron chi connectivity index (χ2n) is 4.08. The van der Waals surface area contributed by atoms with Gasteiger partial charge in [0.2, 0.25) is 5.95 Å². The average molecular weight is 258 g/mol. The Hall–Kier alpha value is -2.64. The van der Waals surface area contributed by atoms with Crippen LogP contribution in [0.15, 0.2) is 18.3 Å². The van der Waals surface area contributed by atoms with E-state index in [1.165, 1.54) is 0 Å². The predicted molar refractivity (Wildman–Crippen MR) is 70.5 cm³/mol. The molecule has 0 aliphatic heterocycles. The lowest BCUT2D eigenvalue weighted by Crippen LogP contribution is -2.08. The lowest BCUT2D eigenvalue weighted by Gasteiger charge is -2.08. The minimum atomic E-state index is 0.241. The minimum Gasteiger partial charge on any atom is -0.367 e. The van der Waals surface area contributed by atoms with Crippen molar-refractivity contribution in [2.75, 3.05) is 11.1 Å². The van der Waals surface area contributed by atoms with Crippen LogP contribution in [0.5, 0.6) is 0 Å². The van der Waals surface area contributed by atoms with Gasteiger partial charge in [0, 0.05) is 17.8 Å². The highest BCUT2D eigenvalue weighted by atomic mass is 15.3. The first-order valence-corrected chi connectivity index (χ1v) is 6.00. The summed E-state index contributed by atoms with van der Waals surface area (Å²) in [7, 11) is 0. The van der Waals surface area contributed by atoms with Gasteiger partial charge in [0.05, 0.1) is 12.7 Å². The number of H-pyrrole nitrogens is 1. The summed E-state index contributed by atoms with van der Waals surface area (Å²) in [6.45, 7) is 2.56. The average Bonchev–Trinajstić information content (AvgIpc) is 3.04. The maximum Gasteiger partial charge on any atom is 0.239 e. The molecule has 8 heteroatoms. The van der Waals surface area contributed by atoms with Crippen LogP contribution in [0.2, 0.25) is 0 Å². The zero-order valence-electron chi connectivity index (χ0n) is 10.5. The molecule has 0 fully saturated rings. The van der Waals surface area contributed by atoms with E-state index in [9.17, 15) is 0 Å². The number of aromatic amines is 1. The lowest BCUT2D eigenvalue weighted by molar-refractivity contribution is 0.883. The van der Waals surface area contributed by atoms with Gasteiger partial charge in [0.15, 0.2) is 5.65 Å². The third-order valence-corrected chi connectivity index (χ3v) is 2.76. The van der Waals surface area contributed by atoms with E-state index in [-0.39, 0.29) is 5.95 Å². The van der Waals surface area contributed by atoms with Crippen LogP contribution < -0.4 is 11.1 Å². The van der Waals surface area contributed by atoms with E-state index in [2.05, 4.69) is 37.5 Å². The molecule has 0 amide bonds. The van der Waals surface area contributed by atoms with E-state index < -0.39 is 0 Å². The monoisotopic (exact) mass is 258 g/mol. The number of nitrogens with two attached hydrogens (primary N) is 1. The molecule has 3 aromatic rings. The van der Waals surface area contributed by atoms with Crippen molar-refractivity contribution in [1.82, 2.24) is 29.8 Å². The molecular weight excluding hydrogens is 244 g/mol. The molecule has 3 rings (SSSR count). The fourth-order valence-electron chi connectivity index (χ4n) is 1.84. The van der Waals surface area contributed by atoms with Crippen molar-refractivity contribution in [2.45, 2.75) is 19.9 Å². The summed E-state index contributed by atoms with van der Waals surface area (Å²) in [5.41, 5.74) is 7.28. The number of rotatable bonds is 4. The van der Waals surface area contributed by atoms with Crippen molar-refractivity contribution in [2.24, 2.45) is 0 Å². The molecule has 0 atom stereocenters. The second-order valence-corrected chi connectivity index (χ2v) is 4.08. The molecule has 3 aromatic heterocycles. The number of nitrogens with zero attached hydrogens (tertiary/aromatic N) is 5. The molecule has 0 saturated carbocycles. The summed E-state index contributed by atoms with van der Waals surface area (Å²) in [5, 5.41) is 14.0. The molecule has 4 N–H and O–H groups in total. The largest absolute Gasteiger partial charge is 0.367 e. The SMILES string of the molecule is CCc1cc(NCc2nc(N)n[nH]2)n2nccc2n1. The van der Waals surface area contributed by atoms with E-state index in [0.717, 1.165) is 23.6 Å². The zero-order valence-corrected chi connectivity index (χ0v) is 10.5. The van der Waals surface area contributed by atoms with Crippen molar-refractivity contribution >= 4 is 17.4 Å². The molecular formula is C11H14N8. The van der Waals surface area contributed by atoms with Gasteiger partial charge in [-0.25, -0.2) is 4.98 Å². The second kappa shape index (κ2) is 4.56. The first-order valence-electron chi connectivity index (χ1n) is 6.00. The number of nitrogens with one attached hydrogen (secondary N) is 2. The Morgan fingerprint density at radius 1 is 1.42 bits per heavy atom. The van der Waals surface area contributed by atoms with Crippen LogP contribution in [0.1, 0.15) is 18.4 Å². The number of aryl methyl sites for hydroxylation is 1. The van der Waals surface area contributed by atoms with E-state index >= 15 is 0 Å². The molecule has 0 radical (unpaired) electrons.